The number of rotatable bonds is 7. The summed E-state index contributed by atoms with van der Waals surface area (Å²) in [5, 5.41) is 13.5. The molecule has 2 heterocycles. The molecule has 9 heteroatoms. The van der Waals surface area contributed by atoms with E-state index in [-0.39, 0.29) is 6.61 Å². The van der Waals surface area contributed by atoms with E-state index in [1.54, 1.807) is 41.3 Å². The Hall–Kier alpha value is -2.06. The fourth-order valence-corrected chi connectivity index (χ4v) is 4.83. The SMILES string of the molecule is Cc1cccc(-c2nc(CSc3nnc(COc4cc(Cl)ccc4Cl)n3C)cs2)c1. The van der Waals surface area contributed by atoms with Gasteiger partial charge in [0.15, 0.2) is 11.0 Å². The van der Waals surface area contributed by atoms with Crippen LogP contribution in [0.25, 0.3) is 10.6 Å². The number of hydrogen-bond acceptors (Lipinski definition) is 6. The molecular weight excluding hydrogens is 459 g/mol. The number of thiazole rings is 1. The first-order valence-corrected chi connectivity index (χ1v) is 11.7. The molecule has 0 aliphatic carbocycles. The van der Waals surface area contributed by atoms with Crippen LogP contribution in [0.1, 0.15) is 17.1 Å². The Morgan fingerprint density at radius 3 is 2.83 bits per heavy atom. The number of aryl methyl sites for hydroxylation is 1. The fourth-order valence-electron chi connectivity index (χ4n) is 2.75. The van der Waals surface area contributed by atoms with Gasteiger partial charge >= 0.3 is 0 Å². The Morgan fingerprint density at radius 2 is 2.00 bits per heavy atom. The smallest absolute Gasteiger partial charge is 0.191 e. The number of halogens is 2. The Kier molecular flexibility index (Phi) is 6.63. The van der Waals surface area contributed by atoms with Gasteiger partial charge in [0.05, 0.1) is 10.7 Å². The number of nitrogens with zero attached hydrogens (tertiary/aromatic N) is 4. The van der Waals surface area contributed by atoms with Crippen LogP contribution in [-0.4, -0.2) is 19.7 Å². The normalized spacial score (nSPS) is 11.1. The Morgan fingerprint density at radius 1 is 1.13 bits per heavy atom. The quantitative estimate of drug-likeness (QED) is 0.287. The van der Waals surface area contributed by atoms with Crippen molar-refractivity contribution in [1.29, 1.82) is 0 Å². The van der Waals surface area contributed by atoms with E-state index in [1.165, 1.54) is 5.56 Å². The molecule has 30 heavy (non-hydrogen) atoms. The molecule has 5 nitrogen and oxygen atoms in total. The summed E-state index contributed by atoms with van der Waals surface area (Å²) < 4.78 is 7.68. The second kappa shape index (κ2) is 9.39. The third-order valence-corrected chi connectivity index (χ3v) is 6.88. The van der Waals surface area contributed by atoms with Crippen molar-refractivity contribution >= 4 is 46.3 Å². The molecule has 2 aromatic heterocycles. The first-order chi connectivity index (χ1) is 14.5. The van der Waals surface area contributed by atoms with Gasteiger partial charge in [0.1, 0.15) is 17.4 Å². The summed E-state index contributed by atoms with van der Waals surface area (Å²) >= 11 is 15.4. The van der Waals surface area contributed by atoms with Crippen molar-refractivity contribution in [2.45, 2.75) is 24.4 Å². The lowest BCUT2D eigenvalue weighted by Crippen LogP contribution is -2.04. The van der Waals surface area contributed by atoms with Crippen LogP contribution in [0.15, 0.2) is 53.0 Å². The molecule has 0 spiro atoms. The molecule has 0 aliphatic rings. The van der Waals surface area contributed by atoms with E-state index in [2.05, 4.69) is 46.8 Å². The lowest BCUT2D eigenvalue weighted by atomic mass is 10.1. The first kappa shape index (κ1) is 21.2. The fraction of sp³-hybridized carbons (Fsp3) is 0.190. The summed E-state index contributed by atoms with van der Waals surface area (Å²) in [5.74, 6) is 1.94. The lowest BCUT2D eigenvalue weighted by Gasteiger charge is -2.08. The zero-order valence-electron chi connectivity index (χ0n) is 16.3. The lowest BCUT2D eigenvalue weighted by molar-refractivity contribution is 0.290. The van der Waals surface area contributed by atoms with E-state index in [0.29, 0.717) is 21.6 Å². The molecule has 154 valence electrons. The maximum absolute atomic E-state index is 6.14. The zero-order chi connectivity index (χ0) is 21.1. The van der Waals surface area contributed by atoms with Gasteiger partial charge in [-0.1, -0.05) is 58.7 Å². The highest BCUT2D eigenvalue weighted by Gasteiger charge is 2.13. The van der Waals surface area contributed by atoms with Crippen molar-refractivity contribution in [2.24, 2.45) is 7.05 Å². The van der Waals surface area contributed by atoms with Gasteiger partial charge in [-0.05, 0) is 25.1 Å². The van der Waals surface area contributed by atoms with Crippen LogP contribution in [0.4, 0.5) is 0 Å². The van der Waals surface area contributed by atoms with Crippen LogP contribution in [0, 0.1) is 6.92 Å². The Balaban J connectivity index is 1.38. The van der Waals surface area contributed by atoms with E-state index in [9.17, 15) is 0 Å². The predicted octanol–water partition coefficient (Wildman–Crippen LogP) is 6.43. The Labute approximate surface area is 193 Å². The largest absolute Gasteiger partial charge is 0.484 e. The maximum atomic E-state index is 6.14. The molecule has 0 amide bonds. The molecule has 0 atom stereocenters. The van der Waals surface area contributed by atoms with Crippen molar-refractivity contribution in [3.05, 3.63) is 75.0 Å². The van der Waals surface area contributed by atoms with E-state index >= 15 is 0 Å². The van der Waals surface area contributed by atoms with Gasteiger partial charge < -0.3 is 9.30 Å². The molecule has 0 saturated heterocycles. The minimum absolute atomic E-state index is 0.248. The number of ether oxygens (including phenoxy) is 1. The van der Waals surface area contributed by atoms with E-state index in [0.717, 1.165) is 27.2 Å². The summed E-state index contributed by atoms with van der Waals surface area (Å²) in [4.78, 5) is 4.76. The standard InChI is InChI=1S/C21H18Cl2N4OS2/c1-13-4-3-5-14(8-13)20-24-16(11-29-20)12-30-21-26-25-19(27(21)2)10-28-18-9-15(22)6-7-17(18)23/h3-9,11H,10,12H2,1-2H3. The van der Waals surface area contributed by atoms with Crippen LogP contribution in [-0.2, 0) is 19.4 Å². The van der Waals surface area contributed by atoms with Crippen molar-refractivity contribution in [2.75, 3.05) is 0 Å². The molecule has 0 unspecified atom stereocenters. The highest BCUT2D eigenvalue weighted by atomic mass is 35.5. The van der Waals surface area contributed by atoms with Gasteiger partial charge in [-0.3, -0.25) is 0 Å². The number of thioether (sulfide) groups is 1. The van der Waals surface area contributed by atoms with Crippen LogP contribution in [0.2, 0.25) is 10.0 Å². The van der Waals surface area contributed by atoms with Crippen molar-refractivity contribution in [3.63, 3.8) is 0 Å². The summed E-state index contributed by atoms with van der Waals surface area (Å²) in [6.07, 6.45) is 0. The summed E-state index contributed by atoms with van der Waals surface area (Å²) in [5.41, 5.74) is 3.40. The second-order valence-electron chi connectivity index (χ2n) is 6.62. The van der Waals surface area contributed by atoms with E-state index < -0.39 is 0 Å². The van der Waals surface area contributed by atoms with Crippen LogP contribution in [0.5, 0.6) is 5.75 Å². The zero-order valence-corrected chi connectivity index (χ0v) is 19.4. The first-order valence-electron chi connectivity index (χ1n) is 9.10. The number of benzene rings is 2. The summed E-state index contributed by atoms with van der Waals surface area (Å²) in [7, 11) is 1.92. The molecule has 0 radical (unpaired) electrons. The maximum Gasteiger partial charge on any atom is 0.191 e. The van der Waals surface area contributed by atoms with Crippen LogP contribution >= 0.6 is 46.3 Å². The van der Waals surface area contributed by atoms with Gasteiger partial charge in [-0.15, -0.1) is 21.5 Å². The van der Waals surface area contributed by atoms with Crippen LogP contribution < -0.4 is 4.74 Å². The van der Waals surface area contributed by atoms with Crippen molar-refractivity contribution in [3.8, 4) is 16.3 Å². The van der Waals surface area contributed by atoms with Crippen molar-refractivity contribution in [1.82, 2.24) is 19.7 Å². The minimum atomic E-state index is 0.248. The second-order valence-corrected chi connectivity index (χ2v) is 9.27. The third kappa shape index (κ3) is 4.98. The van der Waals surface area contributed by atoms with Crippen LogP contribution in [0.3, 0.4) is 0 Å². The van der Waals surface area contributed by atoms with E-state index in [1.807, 2.05) is 11.6 Å². The average Bonchev–Trinajstić information content (AvgIpc) is 3.34. The molecule has 0 bridgehead atoms. The highest BCUT2D eigenvalue weighted by Crippen LogP contribution is 2.30. The monoisotopic (exact) mass is 476 g/mol. The molecule has 4 aromatic rings. The number of aromatic nitrogens is 4. The topological polar surface area (TPSA) is 52.8 Å². The molecule has 2 aromatic carbocycles. The van der Waals surface area contributed by atoms with Gasteiger partial charge in [0.25, 0.3) is 0 Å². The minimum Gasteiger partial charge on any atom is -0.484 e. The molecule has 0 N–H and O–H groups in total. The molecule has 0 aliphatic heterocycles. The van der Waals surface area contributed by atoms with E-state index in [4.69, 9.17) is 32.9 Å². The van der Waals surface area contributed by atoms with Crippen molar-refractivity contribution < 1.29 is 4.74 Å². The van der Waals surface area contributed by atoms with Gasteiger partial charge in [0.2, 0.25) is 0 Å². The van der Waals surface area contributed by atoms with Gasteiger partial charge in [-0.2, -0.15) is 0 Å². The molecular formula is C21H18Cl2N4OS2. The summed E-state index contributed by atoms with van der Waals surface area (Å²) in [6, 6.07) is 13.5. The molecule has 0 saturated carbocycles. The predicted molar refractivity (Wildman–Crippen MR) is 124 cm³/mol. The molecule has 4 rings (SSSR count). The van der Waals surface area contributed by atoms with Gasteiger partial charge in [-0.25, -0.2) is 4.98 Å². The highest BCUT2D eigenvalue weighted by molar-refractivity contribution is 7.98. The van der Waals surface area contributed by atoms with Gasteiger partial charge in [0, 0.05) is 34.8 Å². The average molecular weight is 477 g/mol. The number of hydrogen-bond donors (Lipinski definition) is 0. The molecule has 0 fully saturated rings. The third-order valence-electron chi connectivity index (χ3n) is 4.34. The summed E-state index contributed by atoms with van der Waals surface area (Å²) in [6.45, 7) is 2.34. The Bertz CT molecular complexity index is 1180.